The van der Waals surface area contributed by atoms with E-state index in [0.717, 1.165) is 54.0 Å². The van der Waals surface area contributed by atoms with Gasteiger partial charge in [-0.3, -0.25) is 18.6 Å². The number of benzene rings is 3. The monoisotopic (exact) mass is 620 g/mol. The normalized spacial score (nSPS) is 12.2. The Morgan fingerprint density at radius 1 is 0.773 bits per heavy atom. The molecule has 4 aromatic rings. The number of carbonyl (C=O) groups excluding carboxylic acids is 2. The van der Waals surface area contributed by atoms with Crippen molar-refractivity contribution in [2.24, 2.45) is 5.16 Å². The number of hydrogen-bond acceptors (Lipinski definition) is 8. The topological polar surface area (TPSA) is 105 Å². The van der Waals surface area contributed by atoms with Crippen LogP contribution in [0, 0.1) is 0 Å². The molecule has 0 amide bonds. The van der Waals surface area contributed by atoms with Crippen molar-refractivity contribution in [1.82, 2.24) is 4.57 Å². The summed E-state index contributed by atoms with van der Waals surface area (Å²) < 4.78 is 30.8. The van der Waals surface area contributed by atoms with Gasteiger partial charge in [-0.05, 0) is 94.3 Å². The fourth-order valence-corrected chi connectivity index (χ4v) is 6.49. The van der Waals surface area contributed by atoms with Crippen molar-refractivity contribution in [3.63, 3.8) is 0 Å². The third-order valence-corrected chi connectivity index (χ3v) is 8.93. The van der Waals surface area contributed by atoms with Gasteiger partial charge in [0.25, 0.3) is 0 Å². The summed E-state index contributed by atoms with van der Waals surface area (Å²) >= 11 is 0. The highest BCUT2D eigenvalue weighted by molar-refractivity contribution is 7.48. The van der Waals surface area contributed by atoms with E-state index in [9.17, 15) is 14.2 Å². The van der Waals surface area contributed by atoms with Crippen molar-refractivity contribution in [3.05, 3.63) is 77.4 Å². The van der Waals surface area contributed by atoms with Crippen molar-refractivity contribution in [2.45, 2.75) is 66.3 Å². The molecule has 0 unspecified atom stereocenters. The van der Waals surface area contributed by atoms with Gasteiger partial charge < -0.3 is 13.9 Å². The van der Waals surface area contributed by atoms with Gasteiger partial charge >= 0.3 is 7.82 Å². The van der Waals surface area contributed by atoms with Gasteiger partial charge in [0.2, 0.25) is 5.78 Å². The lowest BCUT2D eigenvalue weighted by atomic mass is 9.98. The zero-order chi connectivity index (χ0) is 31.7. The Bertz CT molecular complexity index is 1680. The molecule has 0 N–H and O–H groups in total. The van der Waals surface area contributed by atoms with Crippen LogP contribution in [0.5, 0.6) is 5.75 Å². The molecule has 0 spiro atoms. The van der Waals surface area contributed by atoms with Crippen LogP contribution in [0.4, 0.5) is 0 Å². The van der Waals surface area contributed by atoms with E-state index in [4.69, 9.17) is 18.4 Å². The van der Waals surface area contributed by atoms with Gasteiger partial charge in [0.05, 0.1) is 13.2 Å². The summed E-state index contributed by atoms with van der Waals surface area (Å²) in [7, 11) is -2.29. The molecule has 0 aliphatic heterocycles. The predicted octanol–water partition coefficient (Wildman–Crippen LogP) is 8.76. The summed E-state index contributed by atoms with van der Waals surface area (Å²) in [5.74, 6) is -0.0647. The maximum Gasteiger partial charge on any atom is 0.530 e. The minimum Gasteiger partial charge on any atom is -0.404 e. The molecule has 1 heterocycles. The Hall–Kier alpha value is -3.78. The summed E-state index contributed by atoms with van der Waals surface area (Å²) in [5.41, 5.74) is 3.83. The Kier molecular flexibility index (Phi) is 11.5. The second kappa shape index (κ2) is 15.3. The lowest BCUT2D eigenvalue weighted by molar-refractivity contribution is 0.103. The van der Waals surface area contributed by atoms with Crippen LogP contribution < -0.4 is 4.52 Å². The highest BCUT2D eigenvalue weighted by Gasteiger charge is 2.27. The summed E-state index contributed by atoms with van der Waals surface area (Å²) in [6.45, 7) is 8.68. The van der Waals surface area contributed by atoms with Crippen LogP contribution in [0.15, 0.2) is 65.8 Å². The Labute approximate surface area is 258 Å². The fraction of sp³-hybridized carbons (Fsp3) is 0.382. The first-order chi connectivity index (χ1) is 21.3. The lowest BCUT2D eigenvalue weighted by Gasteiger charge is -2.17. The van der Waals surface area contributed by atoms with Gasteiger partial charge in [-0.2, -0.15) is 0 Å². The van der Waals surface area contributed by atoms with Crippen LogP contribution in [0.2, 0.25) is 0 Å². The van der Waals surface area contributed by atoms with Crippen molar-refractivity contribution < 1.29 is 32.6 Å². The van der Waals surface area contributed by atoms with E-state index in [2.05, 4.69) is 23.6 Å². The fourth-order valence-electron chi connectivity index (χ4n) is 5.29. The Morgan fingerprint density at radius 2 is 1.36 bits per heavy atom. The maximum atomic E-state index is 13.6. The van der Waals surface area contributed by atoms with Crippen LogP contribution in [0.25, 0.3) is 21.8 Å². The van der Waals surface area contributed by atoms with E-state index in [0.29, 0.717) is 28.8 Å². The number of Topliss-reactive ketones (excluding diaryl/α,β-unsaturated/α-hetero) is 1. The number of aryl methyl sites for hydroxylation is 1. The average molecular weight is 621 g/mol. The summed E-state index contributed by atoms with van der Waals surface area (Å²) in [6, 6.07) is 17.7. The molecule has 4 rings (SSSR count). The van der Waals surface area contributed by atoms with E-state index < -0.39 is 7.82 Å². The summed E-state index contributed by atoms with van der Waals surface area (Å²) in [5, 5.41) is 5.82. The zero-order valence-electron chi connectivity index (χ0n) is 26.1. The van der Waals surface area contributed by atoms with Crippen molar-refractivity contribution in [3.8, 4) is 5.75 Å². The smallest absolute Gasteiger partial charge is 0.404 e. The SMILES string of the molecule is CCCCCC/C(=N/OC)C(=O)c1ccc2c(c1)c1cc(C(=O)c3ccc(OP(=O)(OCC)OCC)cc3)ccc1n2CC. The number of phosphoric acid groups is 1. The van der Waals surface area contributed by atoms with Crippen molar-refractivity contribution >= 4 is 46.9 Å². The van der Waals surface area contributed by atoms with E-state index >= 15 is 0 Å². The number of phosphoric ester groups is 1. The minimum absolute atomic E-state index is 0.157. The second-order valence-corrected chi connectivity index (χ2v) is 11.9. The Morgan fingerprint density at radius 3 is 1.93 bits per heavy atom. The third kappa shape index (κ3) is 7.46. The number of rotatable bonds is 17. The molecule has 0 aliphatic rings. The van der Waals surface area contributed by atoms with Crippen molar-refractivity contribution in [1.29, 1.82) is 0 Å². The zero-order valence-corrected chi connectivity index (χ0v) is 27.0. The number of nitrogens with zero attached hydrogens (tertiary/aromatic N) is 2. The summed E-state index contributed by atoms with van der Waals surface area (Å²) in [6.07, 6.45) is 4.68. The highest BCUT2D eigenvalue weighted by atomic mass is 31.2. The first-order valence-corrected chi connectivity index (χ1v) is 16.7. The van der Waals surface area contributed by atoms with Gasteiger partial charge in [0.1, 0.15) is 18.6 Å². The number of unbranched alkanes of at least 4 members (excludes halogenated alkanes) is 3. The third-order valence-electron chi connectivity index (χ3n) is 7.34. The standard InChI is InChI=1S/C34H41N2O7P/c1-6-10-11-12-13-30(35-40-5)34(38)26-17-21-32-29(23-26)28-22-25(16-20-31(28)36(32)7-2)33(37)24-14-18-27(19-15-24)43-44(39,41-8-3)42-9-4/h14-23H,6-13H2,1-5H3/b35-30-. The number of oxime groups is 1. The Balaban J connectivity index is 1.66. The van der Waals surface area contributed by atoms with Gasteiger partial charge in [-0.1, -0.05) is 31.3 Å². The molecule has 1 aromatic heterocycles. The van der Waals surface area contributed by atoms with Gasteiger partial charge in [-0.25, -0.2) is 4.57 Å². The second-order valence-electron chi connectivity index (χ2n) is 10.3. The first-order valence-electron chi connectivity index (χ1n) is 15.2. The molecule has 0 saturated carbocycles. The first kappa shape index (κ1) is 33.1. The van der Waals surface area contributed by atoms with E-state index in [1.807, 2.05) is 36.4 Å². The molecule has 0 radical (unpaired) electrons. The summed E-state index contributed by atoms with van der Waals surface area (Å²) in [4.78, 5) is 32.0. The van der Waals surface area contributed by atoms with E-state index in [1.54, 1.807) is 38.1 Å². The highest BCUT2D eigenvalue weighted by Crippen LogP contribution is 2.49. The molecule has 10 heteroatoms. The molecule has 234 valence electrons. The molecule has 3 aromatic carbocycles. The average Bonchev–Trinajstić information content (AvgIpc) is 3.34. The molecular formula is C34H41N2O7P. The van der Waals surface area contributed by atoms with Crippen LogP contribution in [-0.4, -0.2) is 42.2 Å². The number of aromatic nitrogens is 1. The predicted molar refractivity (Wildman–Crippen MR) is 174 cm³/mol. The molecule has 0 fully saturated rings. The van der Waals surface area contributed by atoms with Gasteiger partial charge in [-0.15, -0.1) is 0 Å². The molecule has 0 atom stereocenters. The van der Waals surface area contributed by atoms with Crippen molar-refractivity contribution in [2.75, 3.05) is 20.3 Å². The van der Waals surface area contributed by atoms with E-state index in [-0.39, 0.29) is 30.5 Å². The minimum atomic E-state index is -3.75. The van der Waals surface area contributed by atoms with Gasteiger partial charge in [0.15, 0.2) is 5.78 Å². The van der Waals surface area contributed by atoms with Crippen LogP contribution in [0.3, 0.4) is 0 Å². The van der Waals surface area contributed by atoms with Crippen LogP contribution in [0.1, 0.15) is 86.1 Å². The van der Waals surface area contributed by atoms with Crippen LogP contribution in [-0.2, 0) is 25.0 Å². The maximum absolute atomic E-state index is 13.6. The number of hydrogen-bond donors (Lipinski definition) is 0. The quantitative estimate of drug-likeness (QED) is 0.0382. The van der Waals surface area contributed by atoms with E-state index in [1.165, 1.54) is 7.11 Å². The number of ketones is 2. The largest absolute Gasteiger partial charge is 0.530 e. The number of fused-ring (bicyclic) bond motifs is 3. The molecule has 9 nitrogen and oxygen atoms in total. The molecule has 0 saturated heterocycles. The molecular weight excluding hydrogens is 579 g/mol. The molecule has 0 aliphatic carbocycles. The van der Waals surface area contributed by atoms with Gasteiger partial charge in [0, 0.05) is 45.0 Å². The number of carbonyl (C=O) groups is 2. The van der Waals surface area contributed by atoms with Crippen LogP contribution >= 0.6 is 7.82 Å². The lowest BCUT2D eigenvalue weighted by Crippen LogP contribution is -2.15. The molecule has 0 bridgehead atoms. The molecule has 44 heavy (non-hydrogen) atoms.